The van der Waals surface area contributed by atoms with Crippen LogP contribution in [0.5, 0.6) is 0 Å². The van der Waals surface area contributed by atoms with Gasteiger partial charge in [0.2, 0.25) is 5.95 Å². The van der Waals surface area contributed by atoms with Gasteiger partial charge in [-0.05, 0) is 48.9 Å². The number of allylic oxidation sites excluding steroid dienone is 1. The maximum atomic E-state index is 13.3. The zero-order chi connectivity index (χ0) is 26.8. The Bertz CT molecular complexity index is 1580. The summed E-state index contributed by atoms with van der Waals surface area (Å²) in [5, 5.41) is 11.4. The molecule has 10 heteroatoms. The molecular formula is C28H30Cl2N6O2. The number of para-hydroxylation sites is 1. The Morgan fingerprint density at radius 3 is 2.63 bits per heavy atom. The lowest BCUT2D eigenvalue weighted by molar-refractivity contribution is 0.236. The SMILES string of the molecule is Cc1c(C/C=C/NC(=O)NC2CCCCC2)[nH]c(=O)c2c1ccc1nc(Nc3c(Cl)cccc3Cl)n(C)c12. The number of amides is 2. The van der Waals surface area contributed by atoms with Gasteiger partial charge in [-0.1, -0.05) is 60.7 Å². The number of hydrogen-bond acceptors (Lipinski definition) is 4. The van der Waals surface area contributed by atoms with Crippen molar-refractivity contribution in [1.82, 2.24) is 25.2 Å². The average Bonchev–Trinajstić information content (AvgIpc) is 3.22. The fourth-order valence-corrected chi connectivity index (χ4v) is 5.63. The zero-order valence-electron chi connectivity index (χ0n) is 21.3. The first kappa shape index (κ1) is 26.1. The van der Waals surface area contributed by atoms with Crippen LogP contribution in [0.2, 0.25) is 10.0 Å². The Morgan fingerprint density at radius 2 is 1.89 bits per heavy atom. The number of halogens is 2. The minimum absolute atomic E-state index is 0.196. The first-order valence-electron chi connectivity index (χ1n) is 12.8. The van der Waals surface area contributed by atoms with Gasteiger partial charge in [-0.3, -0.25) is 4.79 Å². The van der Waals surface area contributed by atoms with E-state index in [0.29, 0.717) is 44.5 Å². The first-order chi connectivity index (χ1) is 18.3. The van der Waals surface area contributed by atoms with Crippen LogP contribution < -0.4 is 21.5 Å². The van der Waals surface area contributed by atoms with Crippen molar-refractivity contribution in [3.05, 3.63) is 74.3 Å². The summed E-state index contributed by atoms with van der Waals surface area (Å²) in [6.07, 6.45) is 9.56. The van der Waals surface area contributed by atoms with E-state index in [9.17, 15) is 9.59 Å². The molecule has 8 nitrogen and oxygen atoms in total. The van der Waals surface area contributed by atoms with E-state index in [-0.39, 0.29) is 17.6 Å². The molecule has 0 aliphatic heterocycles. The van der Waals surface area contributed by atoms with Gasteiger partial charge in [-0.25, -0.2) is 9.78 Å². The van der Waals surface area contributed by atoms with Crippen LogP contribution >= 0.6 is 23.2 Å². The van der Waals surface area contributed by atoms with Crippen LogP contribution in [0.15, 0.2) is 47.4 Å². The molecule has 198 valence electrons. The quantitative estimate of drug-likeness (QED) is 0.220. The van der Waals surface area contributed by atoms with Gasteiger partial charge in [0.25, 0.3) is 5.56 Å². The Labute approximate surface area is 230 Å². The molecule has 0 atom stereocenters. The second kappa shape index (κ2) is 11.1. The molecule has 4 aromatic rings. The summed E-state index contributed by atoms with van der Waals surface area (Å²) in [4.78, 5) is 33.2. The molecule has 2 aromatic heterocycles. The molecule has 0 unspecified atom stereocenters. The molecule has 0 spiro atoms. The van der Waals surface area contributed by atoms with Gasteiger partial charge >= 0.3 is 6.03 Å². The highest BCUT2D eigenvalue weighted by molar-refractivity contribution is 6.39. The number of benzene rings is 2. The van der Waals surface area contributed by atoms with Gasteiger partial charge in [-0.2, -0.15) is 0 Å². The number of pyridine rings is 1. The maximum absolute atomic E-state index is 13.3. The van der Waals surface area contributed by atoms with Gasteiger partial charge in [-0.15, -0.1) is 0 Å². The molecule has 0 saturated heterocycles. The molecule has 2 heterocycles. The van der Waals surface area contributed by atoms with Crippen molar-refractivity contribution in [2.45, 2.75) is 51.5 Å². The Hall–Kier alpha value is -3.49. The van der Waals surface area contributed by atoms with Gasteiger partial charge in [0.1, 0.15) is 0 Å². The highest BCUT2D eigenvalue weighted by atomic mass is 35.5. The first-order valence-corrected chi connectivity index (χ1v) is 13.5. The third-order valence-corrected chi connectivity index (χ3v) is 7.81. The van der Waals surface area contributed by atoms with Crippen molar-refractivity contribution in [2.75, 3.05) is 5.32 Å². The van der Waals surface area contributed by atoms with Gasteiger partial charge in [0.15, 0.2) is 0 Å². The molecule has 1 aliphatic rings. The molecule has 2 amide bonds. The number of aromatic amines is 1. The van der Waals surface area contributed by atoms with Gasteiger partial charge in [0.05, 0.1) is 32.2 Å². The predicted octanol–water partition coefficient (Wildman–Crippen LogP) is 6.46. The minimum Gasteiger partial charge on any atom is -0.335 e. The van der Waals surface area contributed by atoms with E-state index in [1.807, 2.05) is 36.7 Å². The van der Waals surface area contributed by atoms with Crippen LogP contribution in [0, 0.1) is 6.92 Å². The molecule has 1 aliphatic carbocycles. The lowest BCUT2D eigenvalue weighted by Gasteiger charge is -2.22. The van der Waals surface area contributed by atoms with Crippen molar-refractivity contribution in [1.29, 1.82) is 0 Å². The highest BCUT2D eigenvalue weighted by Crippen LogP contribution is 2.34. The van der Waals surface area contributed by atoms with Crippen LogP contribution in [0.25, 0.3) is 21.8 Å². The number of hydrogen-bond donors (Lipinski definition) is 4. The van der Waals surface area contributed by atoms with Crippen molar-refractivity contribution in [3.63, 3.8) is 0 Å². The number of aromatic nitrogens is 3. The zero-order valence-corrected chi connectivity index (χ0v) is 22.8. The summed E-state index contributed by atoms with van der Waals surface area (Å²) in [5.74, 6) is 0.518. The van der Waals surface area contributed by atoms with Crippen molar-refractivity contribution >= 4 is 62.7 Å². The average molecular weight is 553 g/mol. The molecule has 2 aromatic carbocycles. The Balaban J connectivity index is 1.38. The molecular weight excluding hydrogens is 523 g/mol. The number of nitrogens with one attached hydrogen (secondary N) is 4. The van der Waals surface area contributed by atoms with E-state index in [1.165, 1.54) is 6.42 Å². The summed E-state index contributed by atoms with van der Waals surface area (Å²) in [7, 11) is 1.84. The van der Waals surface area contributed by atoms with Crippen molar-refractivity contribution in [2.24, 2.45) is 7.05 Å². The van der Waals surface area contributed by atoms with Crippen LogP contribution in [0.4, 0.5) is 16.4 Å². The largest absolute Gasteiger partial charge is 0.335 e. The van der Waals surface area contributed by atoms with E-state index >= 15 is 0 Å². The normalized spacial score (nSPS) is 14.4. The monoisotopic (exact) mass is 552 g/mol. The standard InChI is InChI=1S/C28H30Cl2N6O2/c1-16-18-13-14-22-25(36(2)27(34-22)35-24-19(29)10-6-11-20(24)30)23(18)26(37)33-21(16)12-7-15-31-28(38)32-17-8-4-3-5-9-17/h6-7,10-11,13-15,17H,3-5,8-9,12H2,1-2H3,(H,33,37)(H,34,35)(H2,31,32,38)/b15-7+. The molecule has 38 heavy (non-hydrogen) atoms. The number of nitrogens with zero attached hydrogens (tertiary/aromatic N) is 2. The van der Waals surface area contributed by atoms with E-state index in [1.54, 1.807) is 24.4 Å². The molecule has 0 radical (unpaired) electrons. The van der Waals surface area contributed by atoms with Crippen molar-refractivity contribution < 1.29 is 4.79 Å². The van der Waals surface area contributed by atoms with Crippen LogP contribution in [0.1, 0.15) is 43.4 Å². The minimum atomic E-state index is -0.201. The molecule has 1 fully saturated rings. The predicted molar refractivity (Wildman–Crippen MR) is 155 cm³/mol. The van der Waals surface area contributed by atoms with E-state index in [0.717, 1.165) is 42.3 Å². The van der Waals surface area contributed by atoms with Crippen LogP contribution in [-0.2, 0) is 13.5 Å². The summed E-state index contributed by atoms with van der Waals surface area (Å²) in [5.41, 5.74) is 3.49. The number of anilines is 2. The number of aryl methyl sites for hydroxylation is 2. The van der Waals surface area contributed by atoms with Gasteiger partial charge in [0, 0.05) is 31.4 Å². The van der Waals surface area contributed by atoms with Crippen molar-refractivity contribution in [3.8, 4) is 0 Å². The molecule has 4 N–H and O–H groups in total. The van der Waals surface area contributed by atoms with Crippen LogP contribution in [0.3, 0.4) is 0 Å². The fourth-order valence-electron chi connectivity index (χ4n) is 5.13. The number of carbonyl (C=O) groups is 1. The van der Waals surface area contributed by atoms with Gasteiger partial charge < -0.3 is 25.5 Å². The Morgan fingerprint density at radius 1 is 1.16 bits per heavy atom. The Kier molecular flexibility index (Phi) is 7.63. The number of fused-ring (bicyclic) bond motifs is 3. The second-order valence-electron chi connectivity index (χ2n) is 9.69. The lowest BCUT2D eigenvalue weighted by atomic mass is 9.96. The number of urea groups is 1. The summed E-state index contributed by atoms with van der Waals surface area (Å²) < 4.78 is 1.83. The molecule has 5 rings (SSSR count). The smallest absolute Gasteiger partial charge is 0.318 e. The highest BCUT2D eigenvalue weighted by Gasteiger charge is 2.18. The number of rotatable bonds is 6. The maximum Gasteiger partial charge on any atom is 0.318 e. The molecule has 1 saturated carbocycles. The number of H-pyrrole nitrogens is 1. The molecule has 0 bridgehead atoms. The summed E-state index contributed by atoms with van der Waals surface area (Å²) in [6.45, 7) is 1.98. The summed E-state index contributed by atoms with van der Waals surface area (Å²) >= 11 is 12.7. The third kappa shape index (κ3) is 5.24. The number of imidazole rings is 1. The lowest BCUT2D eigenvalue weighted by Crippen LogP contribution is -2.41. The second-order valence-corrected chi connectivity index (χ2v) is 10.5. The van der Waals surface area contributed by atoms with E-state index in [4.69, 9.17) is 23.2 Å². The summed E-state index contributed by atoms with van der Waals surface area (Å²) in [6, 6.07) is 9.14. The fraction of sp³-hybridized carbons (Fsp3) is 0.321. The van der Waals surface area contributed by atoms with E-state index in [2.05, 4.69) is 25.9 Å². The van der Waals surface area contributed by atoms with E-state index < -0.39 is 0 Å². The third-order valence-electron chi connectivity index (χ3n) is 7.18. The number of carbonyl (C=O) groups excluding carboxylic acids is 1. The topological polar surface area (TPSA) is 104 Å². The van der Waals surface area contributed by atoms with Crippen LogP contribution in [-0.4, -0.2) is 26.6 Å².